The molecule has 0 saturated carbocycles. The van der Waals surface area contributed by atoms with Gasteiger partial charge in [-0.3, -0.25) is 9.78 Å². The summed E-state index contributed by atoms with van der Waals surface area (Å²) in [6, 6.07) is 17.2. The average molecular weight is 359 g/mol. The fraction of sp³-hybridized carbons (Fsp3) is 0.238. The predicted molar refractivity (Wildman–Crippen MR) is 104 cm³/mol. The molecule has 2 aromatic heterocycles. The second-order valence-corrected chi connectivity index (χ2v) is 6.50. The van der Waals surface area contributed by atoms with Crippen molar-refractivity contribution in [1.82, 2.24) is 19.9 Å². The Balaban J connectivity index is 1.64. The molecule has 1 fully saturated rings. The maximum atomic E-state index is 12.9. The highest BCUT2D eigenvalue weighted by molar-refractivity contribution is 5.93. The first kappa shape index (κ1) is 17.1. The predicted octanol–water partition coefficient (Wildman–Crippen LogP) is 3.39. The van der Waals surface area contributed by atoms with Crippen molar-refractivity contribution in [3.63, 3.8) is 0 Å². The Morgan fingerprint density at radius 3 is 2.52 bits per heavy atom. The van der Waals surface area contributed by atoms with Crippen molar-refractivity contribution >= 4 is 11.7 Å². The first-order valence-electron chi connectivity index (χ1n) is 9.17. The van der Waals surface area contributed by atoms with E-state index in [1.807, 2.05) is 53.4 Å². The number of hydrogen-bond donors (Lipinski definition) is 1. The number of aromatic nitrogens is 3. The number of anilines is 1. The Morgan fingerprint density at radius 1 is 1.00 bits per heavy atom. The summed E-state index contributed by atoms with van der Waals surface area (Å²) in [5.74, 6) is 1.13. The highest BCUT2D eigenvalue weighted by Gasteiger charge is 2.22. The number of carbonyl (C=O) groups excluding carboxylic acids is 1. The molecular formula is C21H21N5O. The lowest BCUT2D eigenvalue weighted by Crippen LogP contribution is -2.28. The van der Waals surface area contributed by atoms with Gasteiger partial charge in [0.25, 0.3) is 5.91 Å². The lowest BCUT2D eigenvalue weighted by Gasteiger charge is -2.16. The normalized spacial score (nSPS) is 13.6. The maximum Gasteiger partial charge on any atom is 0.272 e. The van der Waals surface area contributed by atoms with E-state index in [1.165, 1.54) is 0 Å². The van der Waals surface area contributed by atoms with Crippen molar-refractivity contribution < 1.29 is 4.79 Å². The van der Waals surface area contributed by atoms with Crippen molar-refractivity contribution in [1.29, 1.82) is 0 Å². The molecule has 0 unspecified atom stereocenters. The molecular weight excluding hydrogens is 338 g/mol. The van der Waals surface area contributed by atoms with Crippen molar-refractivity contribution in [2.45, 2.75) is 19.4 Å². The molecule has 1 aromatic carbocycles. The van der Waals surface area contributed by atoms with E-state index in [0.717, 1.165) is 37.2 Å². The average Bonchev–Trinajstić information content (AvgIpc) is 3.28. The molecule has 27 heavy (non-hydrogen) atoms. The van der Waals surface area contributed by atoms with Gasteiger partial charge >= 0.3 is 0 Å². The Labute approximate surface area is 158 Å². The van der Waals surface area contributed by atoms with Crippen molar-refractivity contribution in [2.75, 3.05) is 18.4 Å². The van der Waals surface area contributed by atoms with Crippen molar-refractivity contribution in [3.8, 4) is 11.4 Å². The molecule has 1 aliphatic heterocycles. The highest BCUT2D eigenvalue weighted by Crippen LogP contribution is 2.20. The number of amides is 1. The summed E-state index contributed by atoms with van der Waals surface area (Å²) in [6.45, 7) is 2.11. The van der Waals surface area contributed by atoms with E-state index >= 15 is 0 Å². The molecule has 1 N–H and O–H groups in total. The lowest BCUT2D eigenvalue weighted by atomic mass is 10.2. The van der Waals surface area contributed by atoms with E-state index in [0.29, 0.717) is 23.9 Å². The second kappa shape index (κ2) is 7.95. The first-order chi connectivity index (χ1) is 13.3. The Bertz CT molecular complexity index is 908. The van der Waals surface area contributed by atoms with E-state index in [4.69, 9.17) is 0 Å². The van der Waals surface area contributed by atoms with Gasteiger partial charge in [0.1, 0.15) is 11.5 Å². The largest absolute Gasteiger partial charge is 0.364 e. The van der Waals surface area contributed by atoms with Gasteiger partial charge < -0.3 is 10.2 Å². The maximum absolute atomic E-state index is 12.9. The molecule has 0 radical (unpaired) electrons. The van der Waals surface area contributed by atoms with Crippen LogP contribution in [0.1, 0.15) is 29.0 Å². The molecule has 1 aliphatic rings. The summed E-state index contributed by atoms with van der Waals surface area (Å²) < 4.78 is 0. The second-order valence-electron chi connectivity index (χ2n) is 6.50. The van der Waals surface area contributed by atoms with Crippen molar-refractivity contribution in [2.24, 2.45) is 0 Å². The van der Waals surface area contributed by atoms with Crippen LogP contribution in [0, 0.1) is 0 Å². The highest BCUT2D eigenvalue weighted by atomic mass is 16.2. The topological polar surface area (TPSA) is 71.0 Å². The summed E-state index contributed by atoms with van der Waals surface area (Å²) in [6.07, 6.45) is 3.86. The third kappa shape index (κ3) is 4.11. The van der Waals surface area contributed by atoms with Gasteiger partial charge in [0, 0.05) is 30.9 Å². The molecule has 0 spiro atoms. The minimum Gasteiger partial charge on any atom is -0.364 e. The fourth-order valence-electron chi connectivity index (χ4n) is 3.13. The van der Waals surface area contributed by atoms with Crippen molar-refractivity contribution in [3.05, 3.63) is 72.2 Å². The minimum atomic E-state index is -0.0343. The van der Waals surface area contributed by atoms with Gasteiger partial charge in [-0.1, -0.05) is 36.4 Å². The number of rotatable bonds is 5. The molecule has 0 aliphatic carbocycles. The van der Waals surface area contributed by atoms with Gasteiger partial charge in [-0.2, -0.15) is 0 Å². The fourth-order valence-corrected chi connectivity index (χ4v) is 3.13. The molecule has 6 nitrogen and oxygen atoms in total. The molecule has 6 heteroatoms. The zero-order valence-electron chi connectivity index (χ0n) is 15.0. The number of hydrogen-bond acceptors (Lipinski definition) is 5. The van der Waals surface area contributed by atoms with Crippen LogP contribution in [0.5, 0.6) is 0 Å². The molecule has 4 rings (SSSR count). The van der Waals surface area contributed by atoms with E-state index < -0.39 is 0 Å². The van der Waals surface area contributed by atoms with Crippen LogP contribution < -0.4 is 5.32 Å². The monoisotopic (exact) mass is 359 g/mol. The van der Waals surface area contributed by atoms with E-state index in [2.05, 4.69) is 20.3 Å². The quantitative estimate of drug-likeness (QED) is 0.756. The standard InChI is InChI=1S/C21H21N5O/c27-21(26-12-6-7-13-26)18-14-19(23-15-17-10-4-5-11-22-17)25-20(24-18)16-8-2-1-3-9-16/h1-5,8-11,14H,6-7,12-13,15H2,(H,23,24,25). The number of nitrogens with zero attached hydrogens (tertiary/aromatic N) is 4. The van der Waals surface area contributed by atoms with E-state index in [1.54, 1.807) is 12.3 Å². The molecule has 136 valence electrons. The zero-order chi connectivity index (χ0) is 18.5. The zero-order valence-corrected chi connectivity index (χ0v) is 15.0. The summed E-state index contributed by atoms with van der Waals surface area (Å²) in [5.41, 5.74) is 2.22. The summed E-state index contributed by atoms with van der Waals surface area (Å²) >= 11 is 0. The number of pyridine rings is 1. The van der Waals surface area contributed by atoms with Gasteiger partial charge in [0.05, 0.1) is 12.2 Å². The molecule has 1 saturated heterocycles. The van der Waals surface area contributed by atoms with E-state index in [9.17, 15) is 4.79 Å². The SMILES string of the molecule is O=C(c1cc(NCc2ccccn2)nc(-c2ccccc2)n1)N1CCCC1. The summed E-state index contributed by atoms with van der Waals surface area (Å²) in [5, 5.41) is 3.27. The number of carbonyl (C=O) groups is 1. The van der Waals surface area contributed by atoms with Crippen LogP contribution in [-0.4, -0.2) is 38.8 Å². The summed E-state index contributed by atoms with van der Waals surface area (Å²) in [4.78, 5) is 28.2. The van der Waals surface area contributed by atoms with Crippen LogP contribution in [0.25, 0.3) is 11.4 Å². The van der Waals surface area contributed by atoms with E-state index in [-0.39, 0.29) is 5.91 Å². The van der Waals surface area contributed by atoms with Crippen LogP contribution in [-0.2, 0) is 6.54 Å². The van der Waals surface area contributed by atoms with Gasteiger partial charge in [-0.05, 0) is 25.0 Å². The van der Waals surface area contributed by atoms with Gasteiger partial charge in [-0.25, -0.2) is 9.97 Å². The van der Waals surface area contributed by atoms with Gasteiger partial charge in [0.15, 0.2) is 5.82 Å². The smallest absolute Gasteiger partial charge is 0.272 e. The molecule has 3 aromatic rings. The third-order valence-electron chi connectivity index (χ3n) is 4.55. The molecule has 0 atom stereocenters. The van der Waals surface area contributed by atoms with Crippen LogP contribution in [0.3, 0.4) is 0 Å². The minimum absolute atomic E-state index is 0.0343. The Hall–Kier alpha value is -3.28. The molecule has 1 amide bonds. The van der Waals surface area contributed by atoms with Gasteiger partial charge in [0.2, 0.25) is 0 Å². The summed E-state index contributed by atoms with van der Waals surface area (Å²) in [7, 11) is 0. The number of likely N-dealkylation sites (tertiary alicyclic amines) is 1. The van der Waals surface area contributed by atoms with Gasteiger partial charge in [-0.15, -0.1) is 0 Å². The number of benzene rings is 1. The Morgan fingerprint density at radius 2 is 1.78 bits per heavy atom. The third-order valence-corrected chi connectivity index (χ3v) is 4.55. The first-order valence-corrected chi connectivity index (χ1v) is 9.17. The molecule has 0 bridgehead atoms. The Kier molecular flexibility index (Phi) is 5.05. The van der Waals surface area contributed by atoms with Crippen LogP contribution in [0.2, 0.25) is 0 Å². The van der Waals surface area contributed by atoms with Crippen LogP contribution in [0.4, 0.5) is 5.82 Å². The van der Waals surface area contributed by atoms with Crippen LogP contribution in [0.15, 0.2) is 60.8 Å². The van der Waals surface area contributed by atoms with Crippen LogP contribution >= 0.6 is 0 Å². The number of nitrogens with one attached hydrogen (secondary N) is 1. The lowest BCUT2D eigenvalue weighted by molar-refractivity contribution is 0.0787. The molecule has 3 heterocycles.